The van der Waals surface area contributed by atoms with Gasteiger partial charge in [0.1, 0.15) is 11.8 Å². The molecule has 0 radical (unpaired) electrons. The second-order valence-corrected chi connectivity index (χ2v) is 6.18. The normalized spacial score (nSPS) is 33.1. The van der Waals surface area contributed by atoms with Crippen LogP contribution >= 0.6 is 0 Å². The molecule has 1 aromatic rings. The highest BCUT2D eigenvalue weighted by molar-refractivity contribution is 5.77. The molecule has 21 heavy (non-hydrogen) atoms. The van der Waals surface area contributed by atoms with Crippen molar-refractivity contribution in [1.82, 2.24) is 4.90 Å². The van der Waals surface area contributed by atoms with Crippen molar-refractivity contribution < 1.29 is 14.6 Å². The minimum Gasteiger partial charge on any atom is -0.465 e. The molecule has 1 aliphatic heterocycles. The van der Waals surface area contributed by atoms with Crippen LogP contribution in [0.4, 0.5) is 0 Å². The highest BCUT2D eigenvalue weighted by atomic mass is 16.5. The van der Waals surface area contributed by atoms with Crippen LogP contribution in [0.25, 0.3) is 0 Å². The molecule has 3 unspecified atom stereocenters. The molecule has 1 aromatic carbocycles. The van der Waals surface area contributed by atoms with Gasteiger partial charge >= 0.3 is 5.97 Å². The van der Waals surface area contributed by atoms with Crippen LogP contribution < -0.4 is 0 Å². The first kappa shape index (κ1) is 14.5. The minimum atomic E-state index is -0.864. The lowest BCUT2D eigenvalue weighted by Crippen LogP contribution is -2.54. The number of hydrogen-bond donors (Lipinski definition) is 1. The first-order chi connectivity index (χ1) is 10.1. The van der Waals surface area contributed by atoms with Crippen molar-refractivity contribution >= 4 is 5.97 Å². The van der Waals surface area contributed by atoms with E-state index in [-0.39, 0.29) is 24.0 Å². The zero-order chi connectivity index (χ0) is 15.0. The predicted octanol–water partition coefficient (Wildman–Crippen LogP) is 2.48. The second kappa shape index (κ2) is 5.43. The minimum absolute atomic E-state index is 0.00379. The van der Waals surface area contributed by atoms with Crippen LogP contribution in [0.5, 0.6) is 0 Å². The first-order valence-corrected chi connectivity index (χ1v) is 7.79. The average Bonchev–Trinajstić information content (AvgIpc) is 3.01. The monoisotopic (exact) mass is 289 g/mol. The van der Waals surface area contributed by atoms with Crippen molar-refractivity contribution in [2.45, 2.75) is 50.9 Å². The van der Waals surface area contributed by atoms with Crippen molar-refractivity contribution in [2.75, 3.05) is 6.61 Å². The van der Waals surface area contributed by atoms with Crippen molar-refractivity contribution in [3.05, 3.63) is 35.9 Å². The van der Waals surface area contributed by atoms with Gasteiger partial charge in [-0.05, 0) is 44.6 Å². The van der Waals surface area contributed by atoms with Crippen molar-refractivity contribution in [2.24, 2.45) is 5.92 Å². The maximum absolute atomic E-state index is 12.3. The van der Waals surface area contributed by atoms with E-state index in [1.807, 2.05) is 42.2 Å². The summed E-state index contributed by atoms with van der Waals surface area (Å²) in [6.07, 6.45) is 2.32. The Bertz CT molecular complexity index is 518. The third kappa shape index (κ3) is 2.36. The molecule has 0 aromatic heterocycles. The van der Waals surface area contributed by atoms with Crippen molar-refractivity contribution in [3.63, 3.8) is 0 Å². The van der Waals surface area contributed by atoms with E-state index >= 15 is 0 Å². The van der Waals surface area contributed by atoms with Gasteiger partial charge in [-0.25, -0.2) is 0 Å². The molecule has 114 valence electrons. The molecule has 1 N–H and O–H groups in total. The van der Waals surface area contributed by atoms with E-state index in [4.69, 9.17) is 4.74 Å². The molecule has 0 amide bonds. The fraction of sp³-hybridized carbons (Fsp3) is 0.588. The van der Waals surface area contributed by atoms with Gasteiger partial charge in [-0.3, -0.25) is 9.69 Å². The van der Waals surface area contributed by atoms with Crippen LogP contribution in [0.2, 0.25) is 0 Å². The zero-order valence-corrected chi connectivity index (χ0v) is 12.7. The van der Waals surface area contributed by atoms with Crippen LogP contribution in [0.15, 0.2) is 30.3 Å². The Kier molecular flexibility index (Phi) is 3.76. The Balaban J connectivity index is 1.91. The number of aliphatic hydroxyl groups is 1. The molecule has 1 saturated carbocycles. The number of esters is 1. The van der Waals surface area contributed by atoms with E-state index in [9.17, 15) is 9.90 Å². The van der Waals surface area contributed by atoms with E-state index in [0.717, 1.165) is 18.4 Å². The summed E-state index contributed by atoms with van der Waals surface area (Å²) in [5.74, 6) is 0.0149. The molecule has 4 nitrogen and oxygen atoms in total. The van der Waals surface area contributed by atoms with Gasteiger partial charge in [0.05, 0.1) is 6.61 Å². The van der Waals surface area contributed by atoms with Crippen LogP contribution in [0.3, 0.4) is 0 Å². The summed E-state index contributed by atoms with van der Waals surface area (Å²) in [7, 11) is 0. The molecule has 2 fully saturated rings. The topological polar surface area (TPSA) is 49.8 Å². The molecule has 1 saturated heterocycles. The maximum atomic E-state index is 12.3. The zero-order valence-electron chi connectivity index (χ0n) is 12.7. The largest absolute Gasteiger partial charge is 0.465 e. The predicted molar refractivity (Wildman–Crippen MR) is 79.4 cm³/mol. The quantitative estimate of drug-likeness (QED) is 0.865. The summed E-state index contributed by atoms with van der Waals surface area (Å²) in [4.78, 5) is 14.3. The molecule has 3 rings (SSSR count). The van der Waals surface area contributed by atoms with Crippen LogP contribution in [0, 0.1) is 5.92 Å². The van der Waals surface area contributed by atoms with Crippen LogP contribution in [-0.2, 0) is 9.53 Å². The Morgan fingerprint density at radius 1 is 1.48 bits per heavy atom. The molecule has 0 spiro atoms. The highest BCUT2D eigenvalue weighted by Gasteiger charge is 2.59. The molecular formula is C17H23NO3. The van der Waals surface area contributed by atoms with Gasteiger partial charge in [-0.15, -0.1) is 0 Å². The lowest BCUT2D eigenvalue weighted by Gasteiger charge is -2.42. The number of piperidine rings is 1. The number of likely N-dealkylation sites (tertiary alicyclic amines) is 1. The summed E-state index contributed by atoms with van der Waals surface area (Å²) in [6.45, 7) is 4.26. The fourth-order valence-electron chi connectivity index (χ4n) is 4.06. The Hall–Kier alpha value is -1.39. The maximum Gasteiger partial charge on any atom is 0.323 e. The lowest BCUT2D eigenvalue weighted by atomic mass is 9.95. The standard InChI is InChI=1S/C17H23NO3/c1-3-21-16(19)15-14-9-10-17(20,11-14)18(15)12(2)13-7-5-4-6-8-13/h4-8,12,14-15,20H,3,9-11H2,1-2H3/t12-,14?,15?,17?/m1/s1. The van der Waals surface area contributed by atoms with Gasteiger partial charge in [0.2, 0.25) is 0 Å². The van der Waals surface area contributed by atoms with Gasteiger partial charge < -0.3 is 9.84 Å². The molecule has 4 atom stereocenters. The van der Waals surface area contributed by atoms with Gasteiger partial charge in [0.25, 0.3) is 0 Å². The number of hydrogen-bond acceptors (Lipinski definition) is 4. The van der Waals surface area contributed by atoms with E-state index in [1.54, 1.807) is 0 Å². The summed E-state index contributed by atoms with van der Waals surface area (Å²) in [6, 6.07) is 9.72. The summed E-state index contributed by atoms with van der Waals surface area (Å²) >= 11 is 0. The molecule has 2 aliphatic rings. The summed E-state index contributed by atoms with van der Waals surface area (Å²) < 4.78 is 5.25. The number of ether oxygens (including phenoxy) is 1. The Labute approximate surface area is 125 Å². The van der Waals surface area contributed by atoms with E-state index < -0.39 is 5.72 Å². The summed E-state index contributed by atoms with van der Waals surface area (Å²) in [5, 5.41) is 10.9. The number of nitrogens with zero attached hydrogens (tertiary/aromatic N) is 1. The van der Waals surface area contributed by atoms with Crippen molar-refractivity contribution in [3.8, 4) is 0 Å². The number of carbonyl (C=O) groups is 1. The number of rotatable bonds is 4. The highest BCUT2D eigenvalue weighted by Crippen LogP contribution is 2.52. The Morgan fingerprint density at radius 2 is 2.19 bits per heavy atom. The second-order valence-electron chi connectivity index (χ2n) is 6.18. The van der Waals surface area contributed by atoms with Gasteiger partial charge in [0, 0.05) is 6.04 Å². The lowest BCUT2D eigenvalue weighted by molar-refractivity contribution is -0.168. The molecule has 4 heteroatoms. The van der Waals surface area contributed by atoms with Gasteiger partial charge in [0.15, 0.2) is 0 Å². The van der Waals surface area contributed by atoms with Crippen LogP contribution in [-0.4, -0.2) is 34.3 Å². The van der Waals surface area contributed by atoms with Crippen LogP contribution in [0.1, 0.15) is 44.7 Å². The molecule has 2 bridgehead atoms. The fourth-order valence-corrected chi connectivity index (χ4v) is 4.06. The molecule has 1 aliphatic carbocycles. The number of carbonyl (C=O) groups excluding carboxylic acids is 1. The third-order valence-electron chi connectivity index (χ3n) is 4.96. The van der Waals surface area contributed by atoms with Gasteiger partial charge in [-0.1, -0.05) is 30.3 Å². The SMILES string of the molecule is CCOC(=O)C1C2CCC(O)(C2)N1[C@H](C)c1ccccc1. The van der Waals surface area contributed by atoms with E-state index in [0.29, 0.717) is 13.0 Å². The number of benzene rings is 1. The van der Waals surface area contributed by atoms with Gasteiger partial charge in [-0.2, -0.15) is 0 Å². The first-order valence-electron chi connectivity index (χ1n) is 7.79. The molecular weight excluding hydrogens is 266 g/mol. The van der Waals surface area contributed by atoms with E-state index in [1.165, 1.54) is 0 Å². The third-order valence-corrected chi connectivity index (χ3v) is 4.96. The smallest absolute Gasteiger partial charge is 0.323 e. The summed E-state index contributed by atoms with van der Waals surface area (Å²) in [5.41, 5.74) is 0.255. The number of fused-ring (bicyclic) bond motifs is 2. The van der Waals surface area contributed by atoms with Crippen molar-refractivity contribution in [1.29, 1.82) is 0 Å². The van der Waals surface area contributed by atoms with E-state index in [2.05, 4.69) is 6.92 Å². The average molecular weight is 289 g/mol. The molecule has 1 heterocycles. The Morgan fingerprint density at radius 3 is 2.86 bits per heavy atom.